The van der Waals surface area contributed by atoms with Gasteiger partial charge in [-0.1, -0.05) is 36.0 Å². The average Bonchev–Trinajstić information content (AvgIpc) is 3.02. The Morgan fingerprint density at radius 1 is 1.24 bits per heavy atom. The summed E-state index contributed by atoms with van der Waals surface area (Å²) in [6.07, 6.45) is 0.160. The van der Waals surface area contributed by atoms with Gasteiger partial charge in [-0.25, -0.2) is 4.39 Å². The summed E-state index contributed by atoms with van der Waals surface area (Å²) >= 11 is 1.12. The second-order valence-corrected chi connectivity index (χ2v) is 7.91. The number of thioether (sulfide) groups is 1. The molecule has 7 heteroatoms. The van der Waals surface area contributed by atoms with E-state index >= 15 is 0 Å². The molecule has 3 rings (SSSR count). The van der Waals surface area contributed by atoms with Crippen LogP contribution in [0.4, 0.5) is 10.1 Å². The molecule has 1 N–H and O–H groups in total. The van der Waals surface area contributed by atoms with Crippen LogP contribution >= 0.6 is 11.8 Å². The van der Waals surface area contributed by atoms with Crippen LogP contribution in [-0.4, -0.2) is 24.1 Å². The minimum Gasteiger partial charge on any atom is -0.354 e. The van der Waals surface area contributed by atoms with Crippen molar-refractivity contribution in [1.29, 1.82) is 5.26 Å². The van der Waals surface area contributed by atoms with Gasteiger partial charge in [-0.3, -0.25) is 14.5 Å². The molecule has 0 spiro atoms. The van der Waals surface area contributed by atoms with E-state index in [0.29, 0.717) is 11.3 Å². The number of amides is 2. The van der Waals surface area contributed by atoms with E-state index in [0.717, 1.165) is 22.9 Å². The first kappa shape index (κ1) is 20.6. The van der Waals surface area contributed by atoms with Crippen LogP contribution in [0.15, 0.2) is 53.1 Å². The third-order valence-corrected chi connectivity index (χ3v) is 6.11. The number of nitrogens with zero attached hydrogens (tertiary/aromatic N) is 2. The molecule has 0 radical (unpaired) electrons. The first-order valence-electron chi connectivity index (χ1n) is 9.05. The van der Waals surface area contributed by atoms with Crippen LogP contribution in [0.25, 0.3) is 0 Å². The number of likely N-dealkylation sites (N-methyl/N-ethyl adjacent to an activating group) is 1. The number of hydrogen-bond acceptors (Lipinski definition) is 4. The number of rotatable bonds is 4. The van der Waals surface area contributed by atoms with E-state index in [1.54, 1.807) is 24.3 Å². The van der Waals surface area contributed by atoms with Crippen molar-refractivity contribution in [2.24, 2.45) is 0 Å². The predicted molar refractivity (Wildman–Crippen MR) is 112 cm³/mol. The topological polar surface area (TPSA) is 73.2 Å². The molecule has 2 amide bonds. The lowest BCUT2D eigenvalue weighted by molar-refractivity contribution is -0.117. The highest BCUT2D eigenvalue weighted by Gasteiger charge is 2.41. The zero-order valence-corrected chi connectivity index (χ0v) is 17.1. The van der Waals surface area contributed by atoms with Crippen molar-refractivity contribution in [1.82, 2.24) is 5.32 Å². The number of nitrogens with one attached hydrogen (secondary N) is 1. The van der Waals surface area contributed by atoms with Crippen LogP contribution in [0.1, 0.15) is 16.7 Å². The molecule has 148 valence electrons. The second kappa shape index (κ2) is 8.50. The van der Waals surface area contributed by atoms with Gasteiger partial charge in [0, 0.05) is 12.7 Å². The summed E-state index contributed by atoms with van der Waals surface area (Å²) in [4.78, 5) is 26.9. The fourth-order valence-corrected chi connectivity index (χ4v) is 4.37. The molecule has 1 saturated heterocycles. The second-order valence-electron chi connectivity index (χ2n) is 6.72. The van der Waals surface area contributed by atoms with Crippen molar-refractivity contribution in [3.63, 3.8) is 0 Å². The summed E-state index contributed by atoms with van der Waals surface area (Å²) in [6, 6.07) is 13.7. The number of aryl methyl sites for hydroxylation is 2. The van der Waals surface area contributed by atoms with Gasteiger partial charge >= 0.3 is 0 Å². The molecular formula is C22H20FN3O2S. The van der Waals surface area contributed by atoms with E-state index in [1.165, 1.54) is 18.0 Å². The van der Waals surface area contributed by atoms with Gasteiger partial charge in [-0.05, 0) is 55.2 Å². The molecule has 0 aromatic heterocycles. The fourth-order valence-electron chi connectivity index (χ4n) is 3.08. The van der Waals surface area contributed by atoms with Gasteiger partial charge in [0.2, 0.25) is 5.91 Å². The number of nitriles is 1. The highest BCUT2D eigenvalue weighted by Crippen LogP contribution is 2.42. The maximum atomic E-state index is 14.1. The van der Waals surface area contributed by atoms with Crippen molar-refractivity contribution in [3.05, 3.63) is 75.6 Å². The molecule has 1 atom stereocenters. The summed E-state index contributed by atoms with van der Waals surface area (Å²) in [6.45, 7) is 3.89. The highest BCUT2D eigenvalue weighted by molar-refractivity contribution is 8.05. The Morgan fingerprint density at radius 2 is 1.97 bits per heavy atom. The Hall–Kier alpha value is -3.11. The number of carbonyl (C=O) groups excluding carboxylic acids is 2. The van der Waals surface area contributed by atoms with E-state index in [-0.39, 0.29) is 28.7 Å². The Morgan fingerprint density at radius 3 is 2.59 bits per heavy atom. The van der Waals surface area contributed by atoms with Crippen molar-refractivity contribution in [2.45, 2.75) is 25.5 Å². The average molecular weight is 409 g/mol. The van der Waals surface area contributed by atoms with Crippen molar-refractivity contribution in [2.75, 3.05) is 11.9 Å². The highest BCUT2D eigenvalue weighted by atomic mass is 32.2. The minimum absolute atomic E-state index is 0.139. The van der Waals surface area contributed by atoms with Gasteiger partial charge in [0.1, 0.15) is 22.5 Å². The van der Waals surface area contributed by atoms with Crippen LogP contribution in [0.5, 0.6) is 0 Å². The summed E-state index contributed by atoms with van der Waals surface area (Å²) in [5, 5.41) is 11.6. The number of benzene rings is 2. The predicted octanol–water partition coefficient (Wildman–Crippen LogP) is 3.61. The number of hydrogen-bond donors (Lipinski definition) is 1. The van der Waals surface area contributed by atoms with Crippen LogP contribution < -0.4 is 10.2 Å². The molecular weight excluding hydrogens is 389 g/mol. The van der Waals surface area contributed by atoms with E-state index in [9.17, 15) is 19.2 Å². The Labute approximate surface area is 173 Å². The Bertz CT molecular complexity index is 1060. The van der Waals surface area contributed by atoms with E-state index in [4.69, 9.17) is 0 Å². The van der Waals surface area contributed by atoms with Crippen LogP contribution in [0.2, 0.25) is 0 Å². The zero-order chi connectivity index (χ0) is 21.1. The van der Waals surface area contributed by atoms with Crippen molar-refractivity contribution < 1.29 is 14.0 Å². The molecule has 2 aromatic rings. The van der Waals surface area contributed by atoms with Crippen LogP contribution in [-0.2, 0) is 16.0 Å². The molecule has 0 saturated carbocycles. The lowest BCUT2D eigenvalue weighted by Gasteiger charge is -2.19. The molecule has 1 unspecified atom stereocenters. The molecule has 0 bridgehead atoms. The first-order valence-corrected chi connectivity index (χ1v) is 9.93. The summed E-state index contributed by atoms with van der Waals surface area (Å²) in [7, 11) is 1.43. The van der Waals surface area contributed by atoms with Gasteiger partial charge < -0.3 is 5.32 Å². The maximum Gasteiger partial charge on any atom is 0.264 e. The molecule has 1 fully saturated rings. The van der Waals surface area contributed by atoms with Crippen molar-refractivity contribution in [3.8, 4) is 6.07 Å². The SMILES string of the molecule is CNC(=O)/C(C#N)=C1\SC(Cc2ccccc2F)C(=O)N1c1ccc(C)c(C)c1. The largest absolute Gasteiger partial charge is 0.354 e. The van der Waals surface area contributed by atoms with Crippen LogP contribution in [0.3, 0.4) is 0 Å². The minimum atomic E-state index is -0.642. The lowest BCUT2D eigenvalue weighted by Crippen LogP contribution is -2.31. The molecule has 5 nitrogen and oxygen atoms in total. The van der Waals surface area contributed by atoms with Crippen molar-refractivity contribution >= 4 is 29.3 Å². The number of halogens is 1. The third kappa shape index (κ3) is 4.03. The third-order valence-electron chi connectivity index (χ3n) is 4.84. The van der Waals surface area contributed by atoms with Gasteiger partial charge in [-0.2, -0.15) is 5.26 Å². The van der Waals surface area contributed by atoms with Gasteiger partial charge in [0.25, 0.3) is 5.91 Å². The molecule has 29 heavy (non-hydrogen) atoms. The van der Waals surface area contributed by atoms with Gasteiger partial charge in [0.15, 0.2) is 0 Å². The van der Waals surface area contributed by atoms with E-state index < -0.39 is 11.2 Å². The molecule has 0 aliphatic carbocycles. The smallest absolute Gasteiger partial charge is 0.264 e. The van der Waals surface area contributed by atoms with Crippen LogP contribution in [0, 0.1) is 31.0 Å². The normalized spacial score (nSPS) is 17.8. The molecule has 2 aromatic carbocycles. The van der Waals surface area contributed by atoms with E-state index in [2.05, 4.69) is 5.32 Å². The number of anilines is 1. The standard InChI is InChI=1S/C22H20FN3O2S/c1-13-8-9-16(10-14(13)2)26-21(28)19(11-15-6-4-5-7-18(15)23)29-22(26)17(12-24)20(27)25-3/h4-10,19H,11H2,1-3H3,(H,25,27)/b22-17-. The lowest BCUT2D eigenvalue weighted by atomic mass is 10.1. The zero-order valence-electron chi connectivity index (χ0n) is 16.3. The first-order chi connectivity index (χ1) is 13.9. The monoisotopic (exact) mass is 409 g/mol. The molecule has 1 aliphatic heterocycles. The summed E-state index contributed by atoms with van der Waals surface area (Å²) < 4.78 is 14.1. The fraction of sp³-hybridized carbons (Fsp3) is 0.227. The molecule has 1 heterocycles. The Kier molecular flexibility index (Phi) is 6.04. The quantitative estimate of drug-likeness (QED) is 0.618. The summed E-state index contributed by atoms with van der Waals surface area (Å²) in [5.41, 5.74) is 2.90. The van der Waals surface area contributed by atoms with E-state index in [1.807, 2.05) is 32.0 Å². The maximum absolute atomic E-state index is 14.1. The Balaban J connectivity index is 2.09. The molecule has 1 aliphatic rings. The van der Waals surface area contributed by atoms with Gasteiger partial charge in [-0.15, -0.1) is 0 Å². The summed E-state index contributed by atoms with van der Waals surface area (Å²) in [5.74, 6) is -1.24. The van der Waals surface area contributed by atoms with Gasteiger partial charge in [0.05, 0.1) is 5.25 Å². The number of carbonyl (C=O) groups is 2.